The first kappa shape index (κ1) is 14.6. The first-order valence-electron chi connectivity index (χ1n) is 6.90. The first-order valence-corrected chi connectivity index (χ1v) is 7.28. The molecule has 2 rings (SSSR count). The zero-order valence-electron chi connectivity index (χ0n) is 11.4. The summed E-state index contributed by atoms with van der Waals surface area (Å²) < 4.78 is 11.5. The quantitative estimate of drug-likeness (QED) is 0.872. The van der Waals surface area contributed by atoms with Gasteiger partial charge in [0.05, 0.1) is 6.10 Å². The van der Waals surface area contributed by atoms with Crippen molar-refractivity contribution >= 4 is 11.6 Å². The van der Waals surface area contributed by atoms with E-state index >= 15 is 0 Å². The van der Waals surface area contributed by atoms with E-state index in [1.54, 1.807) is 0 Å². The molecule has 0 spiro atoms. The average Bonchev–Trinajstić information content (AvgIpc) is 2.40. The lowest BCUT2D eigenvalue weighted by Gasteiger charge is -2.40. The molecule has 0 amide bonds. The second-order valence-corrected chi connectivity index (χ2v) is 5.31. The summed E-state index contributed by atoms with van der Waals surface area (Å²) in [6, 6.07) is 5.68. The van der Waals surface area contributed by atoms with Crippen LogP contribution in [0, 0.1) is 0 Å². The summed E-state index contributed by atoms with van der Waals surface area (Å²) in [6.07, 6.45) is 1.76. The molecule has 1 fully saturated rings. The number of aryl methyl sites for hydroxylation is 1. The Balaban J connectivity index is 1.97. The Bertz CT molecular complexity index is 422. The Morgan fingerprint density at radius 2 is 2.16 bits per heavy atom. The summed E-state index contributed by atoms with van der Waals surface area (Å²) in [7, 11) is 0. The van der Waals surface area contributed by atoms with Crippen molar-refractivity contribution in [2.24, 2.45) is 0 Å². The van der Waals surface area contributed by atoms with E-state index in [0.29, 0.717) is 13.0 Å². The SMILES string of the molecule is CCCOC1C(O)CC1Oc1ccc(Cl)c(CC)c1. The van der Waals surface area contributed by atoms with E-state index in [0.717, 1.165) is 29.2 Å². The van der Waals surface area contributed by atoms with Gasteiger partial charge >= 0.3 is 0 Å². The van der Waals surface area contributed by atoms with Crippen LogP contribution < -0.4 is 4.74 Å². The second kappa shape index (κ2) is 6.60. The van der Waals surface area contributed by atoms with Gasteiger partial charge in [0.15, 0.2) is 0 Å². The topological polar surface area (TPSA) is 38.7 Å². The van der Waals surface area contributed by atoms with E-state index in [4.69, 9.17) is 21.1 Å². The highest BCUT2D eigenvalue weighted by atomic mass is 35.5. The standard InChI is InChI=1S/C15H21ClO3/c1-3-7-18-15-13(17)9-14(15)19-11-5-6-12(16)10(4-2)8-11/h5-6,8,13-15,17H,3-4,7,9H2,1-2H3. The van der Waals surface area contributed by atoms with Gasteiger partial charge in [0, 0.05) is 18.1 Å². The monoisotopic (exact) mass is 284 g/mol. The fourth-order valence-electron chi connectivity index (χ4n) is 2.22. The highest BCUT2D eigenvalue weighted by Crippen LogP contribution is 2.31. The van der Waals surface area contributed by atoms with Gasteiger partial charge in [-0.2, -0.15) is 0 Å². The third-order valence-electron chi connectivity index (χ3n) is 3.42. The van der Waals surface area contributed by atoms with Gasteiger partial charge < -0.3 is 14.6 Å². The summed E-state index contributed by atoms with van der Waals surface area (Å²) in [6.45, 7) is 4.77. The number of aliphatic hydroxyl groups excluding tert-OH is 1. The Morgan fingerprint density at radius 3 is 2.79 bits per heavy atom. The number of rotatable bonds is 6. The van der Waals surface area contributed by atoms with Gasteiger partial charge in [0.25, 0.3) is 0 Å². The Kier molecular flexibility index (Phi) is 5.08. The molecule has 1 aromatic carbocycles. The van der Waals surface area contributed by atoms with Gasteiger partial charge in [-0.1, -0.05) is 25.4 Å². The Morgan fingerprint density at radius 1 is 1.37 bits per heavy atom. The van der Waals surface area contributed by atoms with Crippen LogP contribution in [0.5, 0.6) is 5.75 Å². The molecule has 0 aromatic heterocycles. The molecule has 3 nitrogen and oxygen atoms in total. The van der Waals surface area contributed by atoms with Crippen LogP contribution >= 0.6 is 11.6 Å². The van der Waals surface area contributed by atoms with Gasteiger partial charge in [-0.25, -0.2) is 0 Å². The number of hydrogen-bond acceptors (Lipinski definition) is 3. The van der Waals surface area contributed by atoms with Crippen LogP contribution in [0.15, 0.2) is 18.2 Å². The number of ether oxygens (including phenoxy) is 2. The number of halogens is 1. The van der Waals surface area contributed by atoms with Crippen molar-refractivity contribution in [3.8, 4) is 5.75 Å². The van der Waals surface area contributed by atoms with Crippen LogP contribution in [0.2, 0.25) is 5.02 Å². The normalized spacial score (nSPS) is 26.0. The van der Waals surface area contributed by atoms with E-state index in [9.17, 15) is 5.11 Å². The first-order chi connectivity index (χ1) is 9.15. The van der Waals surface area contributed by atoms with Crippen LogP contribution in [0.1, 0.15) is 32.3 Å². The predicted molar refractivity (Wildman–Crippen MR) is 75.9 cm³/mol. The molecule has 1 saturated carbocycles. The van der Waals surface area contributed by atoms with Gasteiger partial charge in [-0.05, 0) is 36.6 Å². The maximum Gasteiger partial charge on any atom is 0.130 e. The molecular weight excluding hydrogens is 264 g/mol. The maximum atomic E-state index is 9.70. The lowest BCUT2D eigenvalue weighted by molar-refractivity contribution is -0.162. The minimum Gasteiger partial charge on any atom is -0.488 e. The minimum atomic E-state index is -0.408. The average molecular weight is 285 g/mol. The van der Waals surface area contributed by atoms with Crippen LogP contribution in [0.25, 0.3) is 0 Å². The van der Waals surface area contributed by atoms with Crippen molar-refractivity contribution in [1.82, 2.24) is 0 Å². The molecule has 4 heteroatoms. The summed E-state index contributed by atoms with van der Waals surface area (Å²) in [5.41, 5.74) is 1.07. The Hall–Kier alpha value is -0.770. The van der Waals surface area contributed by atoms with Crippen molar-refractivity contribution in [2.45, 2.75) is 51.4 Å². The summed E-state index contributed by atoms with van der Waals surface area (Å²) >= 11 is 6.08. The molecule has 0 aliphatic heterocycles. The van der Waals surface area contributed by atoms with E-state index in [1.165, 1.54) is 0 Å². The van der Waals surface area contributed by atoms with Crippen molar-refractivity contribution in [2.75, 3.05) is 6.61 Å². The highest BCUT2D eigenvalue weighted by molar-refractivity contribution is 6.31. The fourth-order valence-corrected chi connectivity index (χ4v) is 2.47. The number of aliphatic hydroxyl groups is 1. The second-order valence-electron chi connectivity index (χ2n) is 4.90. The minimum absolute atomic E-state index is 0.0626. The number of benzene rings is 1. The third kappa shape index (κ3) is 3.41. The van der Waals surface area contributed by atoms with Crippen LogP contribution in [-0.2, 0) is 11.2 Å². The van der Waals surface area contributed by atoms with Gasteiger partial charge in [0.2, 0.25) is 0 Å². The molecule has 0 saturated heterocycles. The number of hydrogen-bond donors (Lipinski definition) is 1. The Labute approximate surface area is 119 Å². The molecule has 3 unspecified atom stereocenters. The third-order valence-corrected chi connectivity index (χ3v) is 3.79. The van der Waals surface area contributed by atoms with E-state index < -0.39 is 6.10 Å². The lowest BCUT2D eigenvalue weighted by Crippen LogP contribution is -2.55. The molecule has 0 heterocycles. The largest absolute Gasteiger partial charge is 0.488 e. The summed E-state index contributed by atoms with van der Waals surface area (Å²) in [4.78, 5) is 0. The summed E-state index contributed by atoms with van der Waals surface area (Å²) in [5.74, 6) is 0.795. The molecule has 1 aromatic rings. The maximum absolute atomic E-state index is 9.70. The van der Waals surface area contributed by atoms with Gasteiger partial charge in [-0.3, -0.25) is 0 Å². The van der Waals surface area contributed by atoms with Crippen molar-refractivity contribution in [3.05, 3.63) is 28.8 Å². The molecule has 1 aliphatic rings. The predicted octanol–water partition coefficient (Wildman–Crippen LogP) is 3.21. The summed E-state index contributed by atoms with van der Waals surface area (Å²) in [5, 5.41) is 10.5. The van der Waals surface area contributed by atoms with Crippen molar-refractivity contribution in [1.29, 1.82) is 0 Å². The van der Waals surface area contributed by atoms with E-state index in [1.807, 2.05) is 25.1 Å². The van der Waals surface area contributed by atoms with Crippen molar-refractivity contribution in [3.63, 3.8) is 0 Å². The molecule has 3 atom stereocenters. The van der Waals surface area contributed by atoms with Crippen molar-refractivity contribution < 1.29 is 14.6 Å². The van der Waals surface area contributed by atoms with Crippen LogP contribution in [0.3, 0.4) is 0 Å². The molecular formula is C15H21ClO3. The van der Waals surface area contributed by atoms with Gasteiger partial charge in [0.1, 0.15) is 18.0 Å². The molecule has 1 aliphatic carbocycles. The van der Waals surface area contributed by atoms with Crippen LogP contribution in [-0.4, -0.2) is 30.0 Å². The molecule has 1 N–H and O–H groups in total. The zero-order valence-corrected chi connectivity index (χ0v) is 12.2. The zero-order chi connectivity index (χ0) is 13.8. The molecule has 106 valence electrons. The smallest absolute Gasteiger partial charge is 0.130 e. The van der Waals surface area contributed by atoms with Crippen LogP contribution in [0.4, 0.5) is 0 Å². The molecule has 0 radical (unpaired) electrons. The molecule has 19 heavy (non-hydrogen) atoms. The lowest BCUT2D eigenvalue weighted by atomic mass is 9.88. The highest BCUT2D eigenvalue weighted by Gasteiger charge is 2.42. The molecule has 0 bridgehead atoms. The van der Waals surface area contributed by atoms with Gasteiger partial charge in [-0.15, -0.1) is 0 Å². The van der Waals surface area contributed by atoms with E-state index in [2.05, 4.69) is 6.92 Å². The van der Waals surface area contributed by atoms with E-state index in [-0.39, 0.29) is 12.2 Å². The fraction of sp³-hybridized carbons (Fsp3) is 0.600.